The third-order valence-electron chi connectivity index (χ3n) is 4.23. The van der Waals surface area contributed by atoms with Crippen LogP contribution in [0.1, 0.15) is 12.8 Å². The fourth-order valence-electron chi connectivity index (χ4n) is 2.72. The van der Waals surface area contributed by atoms with E-state index in [2.05, 4.69) is 9.80 Å². The highest BCUT2D eigenvalue weighted by atomic mass is 16.5. The van der Waals surface area contributed by atoms with Crippen molar-refractivity contribution in [2.45, 2.75) is 12.8 Å². The molecule has 0 radical (unpaired) electrons. The molecule has 1 saturated heterocycles. The Morgan fingerprint density at radius 3 is 2.30 bits per heavy atom. The Balaban J connectivity index is 1.32. The third kappa shape index (κ3) is 4.12. The number of rotatable bonds is 6. The number of nitrogen functional groups attached to an aromatic ring is 1. The van der Waals surface area contributed by atoms with Crippen LogP contribution in [0.5, 0.6) is 5.75 Å². The van der Waals surface area contributed by atoms with Crippen molar-refractivity contribution in [2.24, 2.45) is 5.92 Å². The van der Waals surface area contributed by atoms with E-state index in [1.165, 1.54) is 45.6 Å². The summed E-state index contributed by atoms with van der Waals surface area (Å²) in [6, 6.07) is 7.63. The molecular formula is C16H25N3O. The van der Waals surface area contributed by atoms with Gasteiger partial charge in [0, 0.05) is 45.0 Å². The van der Waals surface area contributed by atoms with E-state index in [1.807, 2.05) is 24.3 Å². The molecule has 1 aliphatic carbocycles. The first-order chi connectivity index (χ1) is 9.79. The van der Waals surface area contributed by atoms with Gasteiger partial charge in [0.1, 0.15) is 12.4 Å². The summed E-state index contributed by atoms with van der Waals surface area (Å²) in [6.45, 7) is 7.90. The van der Waals surface area contributed by atoms with Crippen LogP contribution in [0.3, 0.4) is 0 Å². The first-order valence-corrected chi connectivity index (χ1v) is 7.72. The molecule has 4 heteroatoms. The van der Waals surface area contributed by atoms with Gasteiger partial charge in [0.15, 0.2) is 0 Å². The average Bonchev–Trinajstić information content (AvgIpc) is 3.27. The van der Waals surface area contributed by atoms with Crippen molar-refractivity contribution in [1.82, 2.24) is 9.80 Å². The van der Waals surface area contributed by atoms with Gasteiger partial charge in [-0.25, -0.2) is 0 Å². The van der Waals surface area contributed by atoms with Crippen molar-refractivity contribution in [3.05, 3.63) is 24.3 Å². The van der Waals surface area contributed by atoms with E-state index in [-0.39, 0.29) is 0 Å². The van der Waals surface area contributed by atoms with Crippen molar-refractivity contribution < 1.29 is 4.74 Å². The maximum Gasteiger partial charge on any atom is 0.119 e. The van der Waals surface area contributed by atoms with Crippen molar-refractivity contribution in [3.63, 3.8) is 0 Å². The van der Waals surface area contributed by atoms with Gasteiger partial charge in [-0.15, -0.1) is 0 Å². The predicted molar refractivity (Wildman–Crippen MR) is 82.0 cm³/mol. The molecule has 0 bridgehead atoms. The Labute approximate surface area is 121 Å². The molecular weight excluding hydrogens is 250 g/mol. The van der Waals surface area contributed by atoms with Crippen LogP contribution < -0.4 is 10.5 Å². The number of hydrogen-bond acceptors (Lipinski definition) is 4. The van der Waals surface area contributed by atoms with Gasteiger partial charge in [0.25, 0.3) is 0 Å². The Hall–Kier alpha value is -1.26. The van der Waals surface area contributed by atoms with Gasteiger partial charge in [-0.2, -0.15) is 0 Å². The minimum absolute atomic E-state index is 0.756. The Morgan fingerprint density at radius 1 is 1.00 bits per heavy atom. The maximum atomic E-state index is 5.75. The Kier molecular flexibility index (Phi) is 4.43. The van der Waals surface area contributed by atoms with Gasteiger partial charge in [-0.1, -0.05) is 0 Å². The second-order valence-corrected chi connectivity index (χ2v) is 6.00. The first kappa shape index (κ1) is 13.7. The lowest BCUT2D eigenvalue weighted by Crippen LogP contribution is -2.47. The average molecular weight is 275 g/mol. The molecule has 4 nitrogen and oxygen atoms in total. The topological polar surface area (TPSA) is 41.7 Å². The van der Waals surface area contributed by atoms with E-state index in [4.69, 9.17) is 10.5 Å². The van der Waals surface area contributed by atoms with Crippen molar-refractivity contribution in [1.29, 1.82) is 0 Å². The zero-order valence-corrected chi connectivity index (χ0v) is 12.1. The van der Waals surface area contributed by atoms with Gasteiger partial charge < -0.3 is 15.4 Å². The molecule has 2 fully saturated rings. The number of ether oxygens (including phenoxy) is 1. The van der Waals surface area contributed by atoms with Gasteiger partial charge >= 0.3 is 0 Å². The monoisotopic (exact) mass is 275 g/mol. The van der Waals surface area contributed by atoms with E-state index in [0.29, 0.717) is 0 Å². The van der Waals surface area contributed by atoms with E-state index in [1.54, 1.807) is 0 Å². The molecule has 2 N–H and O–H groups in total. The van der Waals surface area contributed by atoms with Crippen LogP contribution in [0, 0.1) is 5.92 Å². The van der Waals surface area contributed by atoms with Crippen LogP contribution in [0.25, 0.3) is 0 Å². The summed E-state index contributed by atoms with van der Waals surface area (Å²) >= 11 is 0. The number of hydrogen-bond donors (Lipinski definition) is 1. The van der Waals surface area contributed by atoms with Crippen molar-refractivity contribution in [2.75, 3.05) is 51.6 Å². The van der Waals surface area contributed by atoms with Crippen LogP contribution in [-0.2, 0) is 0 Å². The minimum Gasteiger partial charge on any atom is -0.492 e. The normalized spacial score (nSPS) is 21.0. The van der Waals surface area contributed by atoms with E-state index in [9.17, 15) is 0 Å². The lowest BCUT2D eigenvalue weighted by atomic mass is 10.3. The standard InChI is InChI=1S/C16H25N3O/c17-15-3-5-16(6-4-15)20-12-11-18-7-9-19(10-8-18)13-14-1-2-14/h3-6,14H,1-2,7-13,17H2. The molecule has 0 atom stereocenters. The molecule has 1 heterocycles. The lowest BCUT2D eigenvalue weighted by Gasteiger charge is -2.34. The number of benzene rings is 1. The number of piperazine rings is 1. The number of nitrogens with zero attached hydrogens (tertiary/aromatic N) is 2. The molecule has 1 aromatic rings. The summed E-state index contributed by atoms with van der Waals surface area (Å²) in [5.74, 6) is 1.92. The molecule has 0 spiro atoms. The largest absolute Gasteiger partial charge is 0.492 e. The summed E-state index contributed by atoms with van der Waals surface area (Å²) < 4.78 is 5.75. The summed E-state index contributed by atoms with van der Waals surface area (Å²) in [6.07, 6.45) is 2.91. The summed E-state index contributed by atoms with van der Waals surface area (Å²) in [7, 11) is 0. The number of anilines is 1. The molecule has 1 aromatic carbocycles. The summed E-state index contributed by atoms with van der Waals surface area (Å²) in [5, 5.41) is 0. The van der Waals surface area contributed by atoms with E-state index >= 15 is 0 Å². The highest BCUT2D eigenvalue weighted by Gasteiger charge is 2.26. The number of nitrogens with two attached hydrogens (primary N) is 1. The third-order valence-corrected chi connectivity index (χ3v) is 4.23. The SMILES string of the molecule is Nc1ccc(OCCN2CCN(CC3CC3)CC2)cc1. The first-order valence-electron chi connectivity index (χ1n) is 7.72. The van der Waals surface area contributed by atoms with Crippen molar-refractivity contribution >= 4 is 5.69 Å². The quantitative estimate of drug-likeness (QED) is 0.802. The lowest BCUT2D eigenvalue weighted by molar-refractivity contribution is 0.114. The second-order valence-electron chi connectivity index (χ2n) is 6.00. The van der Waals surface area contributed by atoms with Crippen LogP contribution in [0.15, 0.2) is 24.3 Å². The molecule has 1 aliphatic heterocycles. The Bertz CT molecular complexity index is 408. The van der Waals surface area contributed by atoms with Gasteiger partial charge in [-0.3, -0.25) is 4.90 Å². The molecule has 2 aliphatic rings. The molecule has 0 amide bonds. The molecule has 0 aromatic heterocycles. The smallest absolute Gasteiger partial charge is 0.119 e. The predicted octanol–water partition coefficient (Wildman–Crippen LogP) is 1.68. The van der Waals surface area contributed by atoms with Gasteiger partial charge in [-0.05, 0) is 43.0 Å². The minimum atomic E-state index is 0.756. The highest BCUT2D eigenvalue weighted by Crippen LogP contribution is 2.29. The molecule has 1 saturated carbocycles. The van der Waals surface area contributed by atoms with Gasteiger partial charge in [0.2, 0.25) is 0 Å². The maximum absolute atomic E-state index is 5.75. The van der Waals surface area contributed by atoms with Crippen LogP contribution in [0.2, 0.25) is 0 Å². The Morgan fingerprint density at radius 2 is 1.65 bits per heavy atom. The summed E-state index contributed by atoms with van der Waals surface area (Å²) in [5.41, 5.74) is 6.44. The summed E-state index contributed by atoms with van der Waals surface area (Å²) in [4.78, 5) is 5.12. The van der Waals surface area contributed by atoms with Crippen LogP contribution in [0.4, 0.5) is 5.69 Å². The van der Waals surface area contributed by atoms with Crippen LogP contribution in [-0.4, -0.2) is 55.7 Å². The zero-order chi connectivity index (χ0) is 13.8. The molecule has 20 heavy (non-hydrogen) atoms. The van der Waals surface area contributed by atoms with E-state index in [0.717, 1.165) is 30.5 Å². The fraction of sp³-hybridized carbons (Fsp3) is 0.625. The zero-order valence-electron chi connectivity index (χ0n) is 12.1. The van der Waals surface area contributed by atoms with Gasteiger partial charge in [0.05, 0.1) is 0 Å². The molecule has 110 valence electrons. The second kappa shape index (κ2) is 6.46. The highest BCUT2D eigenvalue weighted by molar-refractivity contribution is 5.41. The molecule has 0 unspecified atom stereocenters. The molecule has 3 rings (SSSR count). The van der Waals surface area contributed by atoms with Crippen molar-refractivity contribution in [3.8, 4) is 5.75 Å². The fourth-order valence-corrected chi connectivity index (χ4v) is 2.72. The van der Waals surface area contributed by atoms with Crippen LogP contribution >= 0.6 is 0 Å². The van der Waals surface area contributed by atoms with E-state index < -0.39 is 0 Å².